The van der Waals surface area contributed by atoms with Gasteiger partial charge in [-0.3, -0.25) is 9.59 Å². The molecular weight excluding hydrogens is 442 g/mol. The number of sulfone groups is 1. The van der Waals surface area contributed by atoms with Crippen LogP contribution >= 0.6 is 0 Å². The number of ether oxygens (including phenoxy) is 1. The van der Waals surface area contributed by atoms with Gasteiger partial charge in [-0.2, -0.15) is 0 Å². The molecule has 3 aromatic rings. The van der Waals surface area contributed by atoms with Crippen molar-refractivity contribution in [3.8, 4) is 16.9 Å². The van der Waals surface area contributed by atoms with Crippen LogP contribution < -0.4 is 10.2 Å². The quantitative estimate of drug-likeness (QED) is 0.525. The molecule has 174 valence electrons. The predicted octanol–water partition coefficient (Wildman–Crippen LogP) is 3.57. The molecule has 8 heteroatoms. The zero-order valence-electron chi connectivity index (χ0n) is 18.7. The molecule has 1 aliphatic rings. The molecule has 0 spiro atoms. The van der Waals surface area contributed by atoms with Crippen LogP contribution in [0.3, 0.4) is 0 Å². The highest BCUT2D eigenvalue weighted by Gasteiger charge is 2.34. The van der Waals surface area contributed by atoms with Crippen molar-refractivity contribution in [3.63, 3.8) is 0 Å². The SMILES string of the molecule is CCCN(C(=O)COc1ccc2c(=O)c(-c3ccccc3)c(C)oc2c1)C1CCS(=O)(=O)C1. The molecule has 0 bridgehead atoms. The highest BCUT2D eigenvalue weighted by Crippen LogP contribution is 2.26. The highest BCUT2D eigenvalue weighted by molar-refractivity contribution is 7.91. The fraction of sp³-hybridized carbons (Fsp3) is 0.360. The largest absolute Gasteiger partial charge is 0.484 e. The average Bonchev–Trinajstić information content (AvgIpc) is 3.15. The fourth-order valence-corrected chi connectivity index (χ4v) is 6.05. The van der Waals surface area contributed by atoms with Crippen LogP contribution in [0.15, 0.2) is 57.7 Å². The molecule has 1 amide bonds. The Morgan fingerprint density at radius 1 is 1.18 bits per heavy atom. The normalized spacial score (nSPS) is 17.2. The van der Waals surface area contributed by atoms with Gasteiger partial charge in [-0.25, -0.2) is 8.42 Å². The van der Waals surface area contributed by atoms with Crippen LogP contribution in [0.4, 0.5) is 0 Å². The van der Waals surface area contributed by atoms with Crippen molar-refractivity contribution in [3.05, 3.63) is 64.5 Å². The highest BCUT2D eigenvalue weighted by atomic mass is 32.2. The fourth-order valence-electron chi connectivity index (χ4n) is 4.32. The Bertz CT molecular complexity index is 1330. The standard InChI is InChI=1S/C25H27NO6S/c1-3-12-26(19-11-13-33(29,30)16-19)23(27)15-31-20-9-10-21-22(14-20)32-17(2)24(25(21)28)18-7-5-4-6-8-18/h4-10,14,19H,3,11-13,15-16H2,1-2H3. The molecule has 0 saturated carbocycles. The van der Waals surface area contributed by atoms with Crippen LogP contribution in [0.25, 0.3) is 22.1 Å². The summed E-state index contributed by atoms with van der Waals surface area (Å²) < 4.78 is 35.3. The van der Waals surface area contributed by atoms with E-state index in [1.807, 2.05) is 37.3 Å². The van der Waals surface area contributed by atoms with Crippen molar-refractivity contribution in [2.45, 2.75) is 32.7 Å². The maximum absolute atomic E-state index is 13.1. The van der Waals surface area contributed by atoms with E-state index < -0.39 is 9.84 Å². The molecule has 1 aromatic heterocycles. The average molecular weight is 470 g/mol. The van der Waals surface area contributed by atoms with Gasteiger partial charge in [-0.1, -0.05) is 37.3 Å². The molecule has 33 heavy (non-hydrogen) atoms. The Labute approximate surface area is 192 Å². The Kier molecular flexibility index (Phi) is 6.56. The molecule has 1 saturated heterocycles. The number of aryl methyl sites for hydroxylation is 1. The van der Waals surface area contributed by atoms with Crippen molar-refractivity contribution in [2.75, 3.05) is 24.7 Å². The lowest BCUT2D eigenvalue weighted by molar-refractivity contribution is -0.135. The van der Waals surface area contributed by atoms with Crippen molar-refractivity contribution in [1.82, 2.24) is 4.90 Å². The molecule has 7 nitrogen and oxygen atoms in total. The van der Waals surface area contributed by atoms with Crippen molar-refractivity contribution >= 4 is 26.7 Å². The maximum atomic E-state index is 13.1. The Morgan fingerprint density at radius 3 is 2.61 bits per heavy atom. The van der Waals surface area contributed by atoms with E-state index in [0.29, 0.717) is 41.0 Å². The second-order valence-electron chi connectivity index (χ2n) is 8.32. The van der Waals surface area contributed by atoms with Gasteiger partial charge in [0.25, 0.3) is 5.91 Å². The molecular formula is C25H27NO6S. The summed E-state index contributed by atoms with van der Waals surface area (Å²) in [4.78, 5) is 27.5. The molecule has 2 aromatic carbocycles. The number of carbonyl (C=O) groups excluding carboxylic acids is 1. The molecule has 1 aliphatic heterocycles. The second kappa shape index (κ2) is 9.39. The number of benzene rings is 2. The summed E-state index contributed by atoms with van der Waals surface area (Å²) in [5.41, 5.74) is 1.57. The van der Waals surface area contributed by atoms with Gasteiger partial charge in [0.2, 0.25) is 5.43 Å². The van der Waals surface area contributed by atoms with E-state index >= 15 is 0 Å². The van der Waals surface area contributed by atoms with E-state index in [2.05, 4.69) is 0 Å². The van der Waals surface area contributed by atoms with E-state index in [1.54, 1.807) is 30.0 Å². The van der Waals surface area contributed by atoms with Crippen LogP contribution in [-0.2, 0) is 14.6 Å². The molecule has 1 atom stereocenters. The van der Waals surface area contributed by atoms with E-state index in [9.17, 15) is 18.0 Å². The summed E-state index contributed by atoms with van der Waals surface area (Å²) in [5.74, 6) is 0.768. The number of rotatable bonds is 7. The first-order valence-corrected chi connectivity index (χ1v) is 12.9. The third kappa shape index (κ3) is 4.95. The van der Waals surface area contributed by atoms with Gasteiger partial charge in [-0.15, -0.1) is 0 Å². The van der Waals surface area contributed by atoms with Crippen molar-refractivity contribution in [1.29, 1.82) is 0 Å². The second-order valence-corrected chi connectivity index (χ2v) is 10.5. The molecule has 4 rings (SSSR count). The summed E-state index contributed by atoms with van der Waals surface area (Å²) in [7, 11) is -3.09. The Hall–Kier alpha value is -3.13. The van der Waals surface area contributed by atoms with Gasteiger partial charge in [0.05, 0.1) is 22.5 Å². The molecule has 1 fully saturated rings. The summed E-state index contributed by atoms with van der Waals surface area (Å²) in [6, 6.07) is 13.9. The minimum atomic E-state index is -3.09. The first kappa shape index (κ1) is 23.0. The smallest absolute Gasteiger partial charge is 0.260 e. The topological polar surface area (TPSA) is 93.9 Å². The lowest BCUT2D eigenvalue weighted by Crippen LogP contribution is -2.44. The zero-order valence-corrected chi connectivity index (χ0v) is 19.6. The van der Waals surface area contributed by atoms with Gasteiger partial charge in [-0.05, 0) is 37.5 Å². The van der Waals surface area contributed by atoms with Gasteiger partial charge in [0.1, 0.15) is 17.1 Å². The van der Waals surface area contributed by atoms with Crippen LogP contribution in [0.1, 0.15) is 25.5 Å². The molecule has 0 N–H and O–H groups in total. The van der Waals surface area contributed by atoms with E-state index in [0.717, 1.165) is 12.0 Å². The third-order valence-corrected chi connectivity index (χ3v) is 7.65. The number of hydrogen-bond acceptors (Lipinski definition) is 6. The number of hydrogen-bond donors (Lipinski definition) is 0. The first-order valence-electron chi connectivity index (χ1n) is 11.0. The molecule has 2 heterocycles. The predicted molar refractivity (Wildman–Crippen MR) is 127 cm³/mol. The van der Waals surface area contributed by atoms with Gasteiger partial charge in [0.15, 0.2) is 16.4 Å². The minimum Gasteiger partial charge on any atom is -0.484 e. The van der Waals surface area contributed by atoms with Gasteiger partial charge >= 0.3 is 0 Å². The lowest BCUT2D eigenvalue weighted by atomic mass is 10.0. The van der Waals surface area contributed by atoms with Crippen LogP contribution in [-0.4, -0.2) is 49.9 Å². The molecule has 1 unspecified atom stereocenters. The Balaban J connectivity index is 1.53. The number of carbonyl (C=O) groups is 1. The van der Waals surface area contributed by atoms with Gasteiger partial charge < -0.3 is 14.1 Å². The monoisotopic (exact) mass is 469 g/mol. The minimum absolute atomic E-state index is 0.00287. The van der Waals surface area contributed by atoms with Crippen LogP contribution in [0, 0.1) is 6.92 Å². The zero-order chi connectivity index (χ0) is 23.6. The summed E-state index contributed by atoms with van der Waals surface area (Å²) >= 11 is 0. The van der Waals surface area contributed by atoms with E-state index in [4.69, 9.17) is 9.15 Å². The third-order valence-electron chi connectivity index (χ3n) is 5.90. The van der Waals surface area contributed by atoms with Gasteiger partial charge in [0, 0.05) is 18.7 Å². The first-order chi connectivity index (χ1) is 15.8. The van der Waals surface area contributed by atoms with E-state index in [1.165, 1.54) is 0 Å². The molecule has 0 radical (unpaired) electrons. The van der Waals surface area contributed by atoms with Crippen LogP contribution in [0.5, 0.6) is 5.75 Å². The lowest BCUT2D eigenvalue weighted by Gasteiger charge is -2.27. The maximum Gasteiger partial charge on any atom is 0.260 e. The van der Waals surface area contributed by atoms with Crippen LogP contribution in [0.2, 0.25) is 0 Å². The summed E-state index contributed by atoms with van der Waals surface area (Å²) in [5, 5.41) is 0.432. The van der Waals surface area contributed by atoms with E-state index in [-0.39, 0.29) is 35.5 Å². The summed E-state index contributed by atoms with van der Waals surface area (Å²) in [6.07, 6.45) is 1.19. The Morgan fingerprint density at radius 2 is 1.94 bits per heavy atom. The number of amides is 1. The summed E-state index contributed by atoms with van der Waals surface area (Å²) in [6.45, 7) is 3.96. The number of nitrogens with zero attached hydrogens (tertiary/aromatic N) is 1. The molecule has 0 aliphatic carbocycles. The van der Waals surface area contributed by atoms with Crippen molar-refractivity contribution in [2.24, 2.45) is 0 Å². The van der Waals surface area contributed by atoms with Crippen molar-refractivity contribution < 1.29 is 22.4 Å². The number of fused-ring (bicyclic) bond motifs is 1.